The van der Waals surface area contributed by atoms with Crippen LogP contribution in [0.3, 0.4) is 0 Å². The van der Waals surface area contributed by atoms with Crippen LogP contribution >= 0.6 is 0 Å². The lowest BCUT2D eigenvalue weighted by molar-refractivity contribution is 0.471. The lowest BCUT2D eigenvalue weighted by atomic mass is 10.1. The first-order chi connectivity index (χ1) is 9.04. The molecule has 0 radical (unpaired) electrons. The highest BCUT2D eigenvalue weighted by molar-refractivity contribution is 5.39. The number of benzene rings is 2. The fraction of sp³-hybridized carbons (Fsp3) is 0.250. The Labute approximate surface area is 113 Å². The fourth-order valence-corrected chi connectivity index (χ4v) is 1.96. The van der Waals surface area contributed by atoms with Gasteiger partial charge in [-0.05, 0) is 61.7 Å². The Morgan fingerprint density at radius 3 is 2.68 bits per heavy atom. The van der Waals surface area contributed by atoms with Crippen molar-refractivity contribution in [2.75, 3.05) is 0 Å². The van der Waals surface area contributed by atoms with E-state index in [1.54, 1.807) is 6.07 Å². The van der Waals surface area contributed by atoms with Crippen molar-refractivity contribution in [1.82, 2.24) is 0 Å². The molecule has 1 atom stereocenters. The van der Waals surface area contributed by atoms with Gasteiger partial charge in [-0.3, -0.25) is 0 Å². The third-order valence-corrected chi connectivity index (χ3v) is 2.78. The highest BCUT2D eigenvalue weighted by atomic mass is 19.1. The van der Waals surface area contributed by atoms with Gasteiger partial charge in [0.05, 0.1) is 0 Å². The average Bonchev–Trinajstić information content (AvgIpc) is 2.32. The van der Waals surface area contributed by atoms with Crippen LogP contribution < -0.4 is 10.5 Å². The van der Waals surface area contributed by atoms with Crippen LogP contribution in [0.5, 0.6) is 11.5 Å². The van der Waals surface area contributed by atoms with Gasteiger partial charge in [-0.2, -0.15) is 0 Å². The first-order valence-corrected chi connectivity index (χ1v) is 6.33. The zero-order valence-electron chi connectivity index (χ0n) is 11.2. The molecule has 2 aromatic rings. The van der Waals surface area contributed by atoms with Gasteiger partial charge in [-0.1, -0.05) is 12.1 Å². The Balaban J connectivity index is 2.28. The summed E-state index contributed by atoms with van der Waals surface area (Å²) in [5, 5.41) is 0. The third-order valence-electron chi connectivity index (χ3n) is 2.78. The van der Waals surface area contributed by atoms with E-state index >= 15 is 0 Å². The maximum absolute atomic E-state index is 13.3. The Morgan fingerprint density at radius 2 is 2.00 bits per heavy atom. The van der Waals surface area contributed by atoms with Gasteiger partial charge in [0, 0.05) is 6.04 Å². The third kappa shape index (κ3) is 3.80. The smallest absolute Gasteiger partial charge is 0.130 e. The van der Waals surface area contributed by atoms with E-state index in [4.69, 9.17) is 10.5 Å². The summed E-state index contributed by atoms with van der Waals surface area (Å²) in [5.41, 5.74) is 7.69. The highest BCUT2D eigenvalue weighted by Gasteiger charge is 2.09. The van der Waals surface area contributed by atoms with Crippen molar-refractivity contribution in [2.24, 2.45) is 5.73 Å². The van der Waals surface area contributed by atoms with Gasteiger partial charge in [-0.25, -0.2) is 4.39 Å². The van der Waals surface area contributed by atoms with Crippen LogP contribution in [-0.2, 0) is 6.42 Å². The Bertz CT molecular complexity index is 566. The van der Waals surface area contributed by atoms with Crippen molar-refractivity contribution >= 4 is 0 Å². The van der Waals surface area contributed by atoms with Crippen molar-refractivity contribution < 1.29 is 9.13 Å². The summed E-state index contributed by atoms with van der Waals surface area (Å²) >= 11 is 0. The predicted molar refractivity (Wildman–Crippen MR) is 75.0 cm³/mol. The number of aryl methyl sites for hydroxylation is 1. The summed E-state index contributed by atoms with van der Waals surface area (Å²) in [6, 6.07) is 12.2. The second-order valence-electron chi connectivity index (χ2n) is 4.85. The molecule has 2 N–H and O–H groups in total. The summed E-state index contributed by atoms with van der Waals surface area (Å²) < 4.78 is 19.1. The van der Waals surface area contributed by atoms with Crippen LogP contribution in [0.1, 0.15) is 18.1 Å². The molecule has 2 rings (SSSR count). The minimum atomic E-state index is -0.271. The first kappa shape index (κ1) is 13.6. The van der Waals surface area contributed by atoms with Crippen molar-refractivity contribution in [3.8, 4) is 11.5 Å². The normalized spacial score (nSPS) is 12.2. The molecule has 0 aliphatic rings. The van der Waals surface area contributed by atoms with E-state index in [0.29, 0.717) is 12.2 Å². The second-order valence-corrected chi connectivity index (χ2v) is 4.85. The molecule has 1 unspecified atom stereocenters. The monoisotopic (exact) mass is 259 g/mol. The zero-order valence-corrected chi connectivity index (χ0v) is 11.2. The van der Waals surface area contributed by atoms with Gasteiger partial charge in [0.15, 0.2) is 0 Å². The van der Waals surface area contributed by atoms with Crippen LogP contribution in [0.4, 0.5) is 4.39 Å². The minimum Gasteiger partial charge on any atom is -0.457 e. The van der Waals surface area contributed by atoms with Gasteiger partial charge in [0.2, 0.25) is 0 Å². The molecule has 3 heteroatoms. The lowest BCUT2D eigenvalue weighted by Crippen LogP contribution is -2.18. The van der Waals surface area contributed by atoms with Crippen LogP contribution in [0.25, 0.3) is 0 Å². The van der Waals surface area contributed by atoms with E-state index < -0.39 is 0 Å². The molecule has 0 saturated carbocycles. The van der Waals surface area contributed by atoms with E-state index in [9.17, 15) is 4.39 Å². The lowest BCUT2D eigenvalue weighted by Gasteiger charge is -2.13. The van der Waals surface area contributed by atoms with Crippen molar-refractivity contribution in [3.05, 3.63) is 59.4 Å². The second kappa shape index (κ2) is 5.85. The zero-order chi connectivity index (χ0) is 13.8. The minimum absolute atomic E-state index is 0.0401. The summed E-state index contributed by atoms with van der Waals surface area (Å²) in [6.07, 6.45) is 0.582. The van der Waals surface area contributed by atoms with E-state index in [1.165, 1.54) is 12.1 Å². The van der Waals surface area contributed by atoms with Crippen molar-refractivity contribution in [3.63, 3.8) is 0 Å². The average molecular weight is 259 g/mol. The molecule has 0 amide bonds. The molecule has 2 nitrogen and oxygen atoms in total. The molecule has 0 aliphatic carbocycles. The molecule has 100 valence electrons. The Hall–Kier alpha value is -1.87. The van der Waals surface area contributed by atoms with Crippen LogP contribution in [0.15, 0.2) is 42.5 Å². The van der Waals surface area contributed by atoms with Gasteiger partial charge in [0.1, 0.15) is 17.3 Å². The number of hydrogen-bond donors (Lipinski definition) is 1. The quantitative estimate of drug-likeness (QED) is 0.906. The van der Waals surface area contributed by atoms with Gasteiger partial charge >= 0.3 is 0 Å². The molecule has 0 fully saturated rings. The van der Waals surface area contributed by atoms with E-state index in [0.717, 1.165) is 16.9 Å². The number of hydrogen-bond acceptors (Lipinski definition) is 2. The Morgan fingerprint density at radius 1 is 1.21 bits per heavy atom. The largest absolute Gasteiger partial charge is 0.457 e. The number of rotatable bonds is 4. The summed E-state index contributed by atoms with van der Waals surface area (Å²) in [5.74, 6) is 1.13. The molecule has 0 saturated heterocycles. The van der Waals surface area contributed by atoms with Crippen molar-refractivity contribution in [1.29, 1.82) is 0 Å². The molecular formula is C16H18FNO. The van der Waals surface area contributed by atoms with Gasteiger partial charge in [0.25, 0.3) is 0 Å². The number of ether oxygens (including phenoxy) is 1. The van der Waals surface area contributed by atoms with Crippen LogP contribution in [0.2, 0.25) is 0 Å². The molecule has 0 heterocycles. The van der Waals surface area contributed by atoms with E-state index in [2.05, 4.69) is 0 Å². The molecule has 2 aromatic carbocycles. The predicted octanol–water partition coefficient (Wildman–Crippen LogP) is 3.82. The summed E-state index contributed by atoms with van der Waals surface area (Å²) in [6.45, 7) is 3.89. The van der Waals surface area contributed by atoms with Crippen LogP contribution in [0, 0.1) is 12.7 Å². The van der Waals surface area contributed by atoms with Gasteiger partial charge in [-0.15, -0.1) is 0 Å². The van der Waals surface area contributed by atoms with E-state index in [-0.39, 0.29) is 11.9 Å². The SMILES string of the molecule is Cc1cccc(Oc2ccc(F)cc2CC(C)N)c1. The maximum Gasteiger partial charge on any atom is 0.130 e. The molecular weight excluding hydrogens is 241 g/mol. The topological polar surface area (TPSA) is 35.2 Å². The standard InChI is InChI=1S/C16H18FNO/c1-11-4-3-5-15(8-11)19-16-7-6-14(17)10-13(16)9-12(2)18/h3-8,10,12H,9,18H2,1-2H3. The molecule has 0 aliphatic heterocycles. The van der Waals surface area contributed by atoms with E-state index in [1.807, 2.05) is 38.1 Å². The number of nitrogens with two attached hydrogens (primary N) is 1. The highest BCUT2D eigenvalue weighted by Crippen LogP contribution is 2.27. The molecule has 0 aromatic heterocycles. The summed E-state index contributed by atoms with van der Waals surface area (Å²) in [4.78, 5) is 0. The first-order valence-electron chi connectivity index (χ1n) is 6.33. The molecule has 19 heavy (non-hydrogen) atoms. The van der Waals surface area contributed by atoms with Crippen molar-refractivity contribution in [2.45, 2.75) is 26.3 Å². The summed E-state index contributed by atoms with van der Waals surface area (Å²) in [7, 11) is 0. The fourth-order valence-electron chi connectivity index (χ4n) is 1.96. The van der Waals surface area contributed by atoms with Crippen LogP contribution in [-0.4, -0.2) is 6.04 Å². The Kier molecular flexibility index (Phi) is 4.17. The molecule has 0 spiro atoms. The van der Waals surface area contributed by atoms with Gasteiger partial charge < -0.3 is 10.5 Å². The maximum atomic E-state index is 13.3. The molecule has 0 bridgehead atoms. The number of halogens is 1.